The second-order valence-corrected chi connectivity index (χ2v) is 8.91. The average molecular weight is 450 g/mol. The number of likely N-dealkylation sites (tertiary alicyclic amines) is 1. The van der Waals surface area contributed by atoms with Crippen LogP contribution in [0.5, 0.6) is 0 Å². The number of ether oxygens (including phenoxy) is 1. The first-order chi connectivity index (χ1) is 15.1. The Morgan fingerprint density at radius 2 is 1.84 bits per heavy atom. The molecule has 0 atom stereocenters. The maximum Gasteiger partial charge on any atom is 0.410 e. The molecule has 1 aliphatic rings. The summed E-state index contributed by atoms with van der Waals surface area (Å²) in [6.07, 6.45) is 1.57. The molecule has 1 aromatic rings. The number of aliphatic imine (C=N–C) groups is 1. The number of piperidine rings is 1. The SMILES string of the molecule is CCN(CC1CCN(C(=NC)NCC(=O)Nc2ccc(F)cc2)CC1)C(=O)OC(C)(C)C. The van der Waals surface area contributed by atoms with Gasteiger partial charge in [-0.05, 0) is 70.7 Å². The Hall–Kier alpha value is -2.84. The molecule has 32 heavy (non-hydrogen) atoms. The van der Waals surface area contributed by atoms with Gasteiger partial charge in [-0.15, -0.1) is 0 Å². The molecule has 0 aromatic heterocycles. The Bertz CT molecular complexity index is 784. The highest BCUT2D eigenvalue weighted by Gasteiger charge is 2.27. The molecule has 2 amide bonds. The topological polar surface area (TPSA) is 86.3 Å². The third kappa shape index (κ3) is 8.36. The van der Waals surface area contributed by atoms with Gasteiger partial charge in [0.1, 0.15) is 11.4 Å². The second kappa shape index (κ2) is 11.7. The van der Waals surface area contributed by atoms with E-state index in [1.165, 1.54) is 24.3 Å². The summed E-state index contributed by atoms with van der Waals surface area (Å²) in [4.78, 5) is 32.7. The maximum absolute atomic E-state index is 13.0. The van der Waals surface area contributed by atoms with E-state index in [1.807, 2.05) is 27.7 Å². The molecule has 0 unspecified atom stereocenters. The number of hydrogen-bond acceptors (Lipinski definition) is 4. The van der Waals surface area contributed by atoms with Gasteiger partial charge < -0.3 is 25.2 Å². The number of halogens is 1. The number of nitrogens with zero attached hydrogens (tertiary/aromatic N) is 3. The van der Waals surface area contributed by atoms with Crippen LogP contribution in [0, 0.1) is 11.7 Å². The van der Waals surface area contributed by atoms with Crippen LogP contribution in [-0.2, 0) is 9.53 Å². The lowest BCUT2D eigenvalue weighted by atomic mass is 9.96. The van der Waals surface area contributed by atoms with Crippen LogP contribution in [-0.4, -0.2) is 73.1 Å². The van der Waals surface area contributed by atoms with Gasteiger partial charge in [-0.2, -0.15) is 0 Å². The highest BCUT2D eigenvalue weighted by molar-refractivity contribution is 5.95. The van der Waals surface area contributed by atoms with Crippen molar-refractivity contribution in [2.45, 2.75) is 46.1 Å². The van der Waals surface area contributed by atoms with Gasteiger partial charge in [0.2, 0.25) is 5.91 Å². The van der Waals surface area contributed by atoms with Crippen LogP contribution in [0.1, 0.15) is 40.5 Å². The molecule has 1 fully saturated rings. The Kier molecular flexibility index (Phi) is 9.28. The Morgan fingerprint density at radius 3 is 2.38 bits per heavy atom. The van der Waals surface area contributed by atoms with E-state index in [2.05, 4.69) is 20.5 Å². The molecule has 0 saturated carbocycles. The molecule has 1 aliphatic heterocycles. The Balaban J connectivity index is 1.78. The summed E-state index contributed by atoms with van der Waals surface area (Å²) in [5.74, 6) is 0.470. The van der Waals surface area contributed by atoms with E-state index in [0.29, 0.717) is 30.7 Å². The number of nitrogens with one attached hydrogen (secondary N) is 2. The van der Waals surface area contributed by atoms with Gasteiger partial charge >= 0.3 is 6.09 Å². The van der Waals surface area contributed by atoms with Crippen LogP contribution in [0.4, 0.5) is 14.9 Å². The molecule has 1 aromatic carbocycles. The zero-order chi connectivity index (χ0) is 23.7. The number of benzene rings is 1. The van der Waals surface area contributed by atoms with Gasteiger partial charge in [-0.1, -0.05) is 0 Å². The first-order valence-corrected chi connectivity index (χ1v) is 11.1. The number of rotatable bonds is 6. The van der Waals surface area contributed by atoms with E-state index < -0.39 is 5.60 Å². The largest absolute Gasteiger partial charge is 0.444 e. The quantitative estimate of drug-likeness (QED) is 0.514. The predicted octanol–water partition coefficient (Wildman–Crippen LogP) is 3.31. The van der Waals surface area contributed by atoms with Crippen molar-refractivity contribution in [3.05, 3.63) is 30.1 Å². The summed E-state index contributed by atoms with van der Waals surface area (Å²) in [6.45, 7) is 10.5. The Labute approximate surface area is 190 Å². The van der Waals surface area contributed by atoms with Crippen molar-refractivity contribution in [1.29, 1.82) is 0 Å². The molecule has 1 heterocycles. The first kappa shape index (κ1) is 25.4. The monoisotopic (exact) mass is 449 g/mol. The Morgan fingerprint density at radius 1 is 1.22 bits per heavy atom. The van der Waals surface area contributed by atoms with Crippen LogP contribution in [0.25, 0.3) is 0 Å². The number of hydrogen-bond donors (Lipinski definition) is 2. The molecule has 8 nitrogen and oxygen atoms in total. The lowest BCUT2D eigenvalue weighted by molar-refractivity contribution is -0.115. The van der Waals surface area contributed by atoms with E-state index in [9.17, 15) is 14.0 Å². The summed E-state index contributed by atoms with van der Waals surface area (Å²) >= 11 is 0. The molecule has 1 saturated heterocycles. The third-order valence-corrected chi connectivity index (χ3v) is 5.17. The number of anilines is 1. The second-order valence-electron chi connectivity index (χ2n) is 8.91. The van der Waals surface area contributed by atoms with Crippen LogP contribution in [0.3, 0.4) is 0 Å². The molecule has 0 spiro atoms. The van der Waals surface area contributed by atoms with Gasteiger partial charge in [-0.3, -0.25) is 9.79 Å². The first-order valence-electron chi connectivity index (χ1n) is 11.1. The summed E-state index contributed by atoms with van der Waals surface area (Å²) in [5.41, 5.74) is 0.0362. The molecule has 0 radical (unpaired) electrons. The standard InChI is InChI=1S/C23H36FN5O3/c1-6-28(22(31)32-23(2,3)4)16-17-11-13-29(14-12-17)21(25-5)26-15-20(30)27-19-9-7-18(24)8-10-19/h7-10,17H,6,11-16H2,1-5H3,(H,25,26)(H,27,30). The van der Waals surface area contributed by atoms with Gasteiger partial charge in [0.15, 0.2) is 5.96 Å². The predicted molar refractivity (Wildman–Crippen MR) is 124 cm³/mol. The summed E-state index contributed by atoms with van der Waals surface area (Å²) in [5, 5.41) is 5.81. The summed E-state index contributed by atoms with van der Waals surface area (Å²) in [7, 11) is 1.69. The van der Waals surface area contributed by atoms with Crippen LogP contribution < -0.4 is 10.6 Å². The maximum atomic E-state index is 13.0. The van der Waals surface area contributed by atoms with Crippen molar-refractivity contribution in [2.75, 3.05) is 45.1 Å². The highest BCUT2D eigenvalue weighted by Crippen LogP contribution is 2.20. The molecule has 0 bridgehead atoms. The smallest absolute Gasteiger partial charge is 0.410 e. The van der Waals surface area contributed by atoms with E-state index >= 15 is 0 Å². The fraction of sp³-hybridized carbons (Fsp3) is 0.609. The van der Waals surface area contributed by atoms with E-state index in [-0.39, 0.29) is 24.4 Å². The summed E-state index contributed by atoms with van der Waals surface area (Å²) in [6, 6.07) is 5.64. The number of amides is 2. The molecule has 2 N–H and O–H groups in total. The highest BCUT2D eigenvalue weighted by atomic mass is 19.1. The zero-order valence-electron chi connectivity index (χ0n) is 19.8. The van der Waals surface area contributed by atoms with Gasteiger partial charge in [0, 0.05) is 38.9 Å². The van der Waals surface area contributed by atoms with Crippen molar-refractivity contribution in [3.8, 4) is 0 Å². The van der Waals surface area contributed by atoms with E-state index in [0.717, 1.165) is 25.9 Å². The van der Waals surface area contributed by atoms with Crippen molar-refractivity contribution in [2.24, 2.45) is 10.9 Å². The average Bonchev–Trinajstić information content (AvgIpc) is 2.73. The normalized spacial score (nSPS) is 15.3. The lowest BCUT2D eigenvalue weighted by Crippen LogP contribution is -2.49. The van der Waals surface area contributed by atoms with E-state index in [1.54, 1.807) is 11.9 Å². The van der Waals surface area contributed by atoms with Crippen LogP contribution >= 0.6 is 0 Å². The molecule has 2 rings (SSSR count). The molecule has 0 aliphatic carbocycles. The zero-order valence-corrected chi connectivity index (χ0v) is 19.8. The fourth-order valence-electron chi connectivity index (χ4n) is 3.53. The number of carbonyl (C=O) groups excluding carboxylic acids is 2. The van der Waals surface area contributed by atoms with Crippen LogP contribution in [0.2, 0.25) is 0 Å². The minimum Gasteiger partial charge on any atom is -0.444 e. The van der Waals surface area contributed by atoms with Gasteiger partial charge in [-0.25, -0.2) is 9.18 Å². The van der Waals surface area contributed by atoms with Crippen molar-refractivity contribution in [3.63, 3.8) is 0 Å². The fourth-order valence-corrected chi connectivity index (χ4v) is 3.53. The molecule has 178 valence electrons. The van der Waals surface area contributed by atoms with Crippen molar-refractivity contribution >= 4 is 23.6 Å². The minimum atomic E-state index is -0.505. The number of carbonyl (C=O) groups is 2. The van der Waals surface area contributed by atoms with E-state index in [4.69, 9.17) is 4.74 Å². The van der Waals surface area contributed by atoms with Gasteiger partial charge in [0.05, 0.1) is 6.54 Å². The van der Waals surface area contributed by atoms with Crippen LogP contribution in [0.15, 0.2) is 29.3 Å². The van der Waals surface area contributed by atoms with Crippen molar-refractivity contribution < 1.29 is 18.7 Å². The lowest BCUT2D eigenvalue weighted by Gasteiger charge is -2.36. The third-order valence-electron chi connectivity index (χ3n) is 5.17. The molecular weight excluding hydrogens is 413 g/mol. The number of guanidine groups is 1. The van der Waals surface area contributed by atoms with Crippen molar-refractivity contribution in [1.82, 2.24) is 15.1 Å². The molecule has 9 heteroatoms. The summed E-state index contributed by atoms with van der Waals surface area (Å²) < 4.78 is 18.5. The molecular formula is C23H36FN5O3. The van der Waals surface area contributed by atoms with Gasteiger partial charge in [0.25, 0.3) is 0 Å². The minimum absolute atomic E-state index is 0.0617.